The quantitative estimate of drug-likeness (QED) is 0.156. The van der Waals surface area contributed by atoms with Crippen LogP contribution >= 0.6 is 0 Å². The smallest absolute Gasteiger partial charge is 0.309 e. The van der Waals surface area contributed by atoms with Gasteiger partial charge >= 0.3 is 5.97 Å². The molecule has 0 aromatic heterocycles. The number of rotatable bonds is 7. The van der Waals surface area contributed by atoms with Crippen LogP contribution in [0.15, 0.2) is 11.6 Å². The minimum absolute atomic E-state index is 0.0199. The molecule has 5 fully saturated rings. The second-order valence-corrected chi connectivity index (χ2v) is 16.3. The number of carbonyl (C=O) groups is 1. The van der Waals surface area contributed by atoms with Gasteiger partial charge in [-0.05, 0) is 86.4 Å². The van der Waals surface area contributed by atoms with Crippen LogP contribution < -0.4 is 0 Å². The topological polar surface area (TPSA) is 186 Å². The van der Waals surface area contributed by atoms with E-state index < -0.39 is 67.1 Å². The second-order valence-electron chi connectivity index (χ2n) is 16.3. The van der Waals surface area contributed by atoms with Gasteiger partial charge in [0, 0.05) is 12.3 Å². The van der Waals surface area contributed by atoms with Crippen molar-refractivity contribution in [3.8, 4) is 0 Å². The summed E-state index contributed by atoms with van der Waals surface area (Å²) >= 11 is 0. The van der Waals surface area contributed by atoms with Crippen molar-refractivity contribution in [1.29, 1.82) is 0 Å². The van der Waals surface area contributed by atoms with Crippen molar-refractivity contribution in [1.82, 2.24) is 0 Å². The summed E-state index contributed by atoms with van der Waals surface area (Å²) in [4.78, 5) is 13.4. The lowest BCUT2D eigenvalue weighted by molar-refractivity contribution is -0.315. The van der Waals surface area contributed by atoms with Crippen LogP contribution in [0.5, 0.6) is 0 Å². The number of esters is 1. The molecular formula is C35H56O11. The van der Waals surface area contributed by atoms with Crippen molar-refractivity contribution in [3.05, 3.63) is 11.6 Å². The molecule has 0 amide bonds. The van der Waals surface area contributed by atoms with E-state index in [-0.39, 0.29) is 47.1 Å². The molecule has 0 aromatic carbocycles. The Labute approximate surface area is 271 Å². The molecule has 0 radical (unpaired) electrons. The third kappa shape index (κ3) is 5.22. The highest BCUT2D eigenvalue weighted by atomic mass is 16.7. The first-order valence-corrected chi connectivity index (χ1v) is 17.5. The highest BCUT2D eigenvalue weighted by molar-refractivity contribution is 5.75. The van der Waals surface area contributed by atoms with E-state index in [4.69, 9.17) is 14.2 Å². The van der Waals surface area contributed by atoms with Crippen molar-refractivity contribution in [3.63, 3.8) is 0 Å². The monoisotopic (exact) mass is 652 g/mol. The van der Waals surface area contributed by atoms with Crippen molar-refractivity contribution in [2.24, 2.45) is 46.3 Å². The van der Waals surface area contributed by atoms with Crippen LogP contribution in [-0.2, 0) is 19.0 Å². The van der Waals surface area contributed by atoms with Gasteiger partial charge in [-0.3, -0.25) is 4.79 Å². The third-order valence-corrected chi connectivity index (χ3v) is 13.9. The van der Waals surface area contributed by atoms with Gasteiger partial charge in [0.1, 0.15) is 36.1 Å². The van der Waals surface area contributed by atoms with E-state index in [1.165, 1.54) is 12.5 Å². The summed E-state index contributed by atoms with van der Waals surface area (Å²) in [5.74, 6) is -0.743. The van der Waals surface area contributed by atoms with E-state index in [0.717, 1.165) is 38.5 Å². The van der Waals surface area contributed by atoms with Gasteiger partial charge in [0.25, 0.3) is 0 Å². The molecule has 2 aliphatic heterocycles. The molecule has 17 unspecified atom stereocenters. The fourth-order valence-corrected chi connectivity index (χ4v) is 11.1. The zero-order chi connectivity index (χ0) is 33.5. The van der Waals surface area contributed by atoms with Gasteiger partial charge in [0.15, 0.2) is 6.29 Å². The van der Waals surface area contributed by atoms with Crippen LogP contribution in [0.4, 0.5) is 0 Å². The number of carbonyl (C=O) groups excluding carboxylic acids is 1. The summed E-state index contributed by atoms with van der Waals surface area (Å²) in [5.41, 5.74) is -0.444. The summed E-state index contributed by atoms with van der Waals surface area (Å²) < 4.78 is 17.6. The molecule has 4 aliphatic carbocycles. The van der Waals surface area contributed by atoms with Crippen molar-refractivity contribution < 1.29 is 54.8 Å². The molecule has 2 heterocycles. The third-order valence-electron chi connectivity index (χ3n) is 13.9. The molecule has 6 rings (SSSR count). The lowest BCUT2D eigenvalue weighted by atomic mass is 9.47. The average molecular weight is 653 g/mol. The highest BCUT2D eigenvalue weighted by Gasteiger charge is 2.64. The van der Waals surface area contributed by atoms with Gasteiger partial charge < -0.3 is 50.0 Å². The second kappa shape index (κ2) is 12.3. The molecule has 11 heteroatoms. The van der Waals surface area contributed by atoms with Crippen LogP contribution in [0.25, 0.3) is 0 Å². The molecule has 0 bridgehead atoms. The van der Waals surface area contributed by atoms with Crippen LogP contribution in [0.2, 0.25) is 0 Å². The Morgan fingerprint density at radius 3 is 2.33 bits per heavy atom. The number of hydrogen-bond donors (Lipinski definition) is 7. The molecule has 0 spiro atoms. The van der Waals surface area contributed by atoms with Gasteiger partial charge in [-0.1, -0.05) is 39.3 Å². The van der Waals surface area contributed by atoms with Gasteiger partial charge in [-0.25, -0.2) is 0 Å². The normalized spacial score (nSPS) is 51.0. The molecule has 262 valence electrons. The SMILES string of the molecule is CC(C)C(O)(C(C)O)C1CC(C2C(O)CC3C4=CCC5CC(OC6OC(CO)C(O)C(O)C6O)CCC5(C)C4CCC32C)C(=O)O1. The first kappa shape index (κ1) is 34.7. The van der Waals surface area contributed by atoms with Gasteiger partial charge in [0.2, 0.25) is 0 Å². The molecule has 0 aromatic rings. The molecule has 11 nitrogen and oxygen atoms in total. The maximum Gasteiger partial charge on any atom is 0.309 e. The number of allylic oxidation sites excluding steroid dienone is 2. The maximum atomic E-state index is 13.4. The standard InChI is InChI=1S/C35H56O11/c1-16(2)35(43,17(3)37)26-13-21(31(42)46-26)27-24(38)14-23-20-7-6-18-12-19(8-10-33(18,4)22(20)9-11-34(23,27)5)44-32-30(41)29(40)28(39)25(15-36)45-32/h7,16-19,21-30,32,36-41,43H,6,8-15H2,1-5H3. The van der Waals surface area contributed by atoms with E-state index in [1.54, 1.807) is 0 Å². The average Bonchev–Trinajstić information content (AvgIpc) is 3.51. The van der Waals surface area contributed by atoms with E-state index >= 15 is 0 Å². The summed E-state index contributed by atoms with van der Waals surface area (Å²) in [7, 11) is 0. The predicted octanol–water partition coefficient (Wildman–Crippen LogP) is 1.42. The van der Waals surface area contributed by atoms with Crippen LogP contribution in [-0.4, -0.2) is 109 Å². The molecule has 46 heavy (non-hydrogen) atoms. The lowest BCUT2D eigenvalue weighted by Gasteiger charge is -2.58. The Morgan fingerprint density at radius 1 is 0.978 bits per heavy atom. The zero-order valence-electron chi connectivity index (χ0n) is 27.9. The fourth-order valence-electron chi connectivity index (χ4n) is 11.1. The minimum atomic E-state index is -1.56. The summed E-state index contributed by atoms with van der Waals surface area (Å²) in [5, 5.41) is 73.9. The minimum Gasteiger partial charge on any atom is -0.459 e. The lowest BCUT2D eigenvalue weighted by Crippen LogP contribution is -2.60. The van der Waals surface area contributed by atoms with E-state index in [0.29, 0.717) is 18.3 Å². The van der Waals surface area contributed by atoms with Crippen molar-refractivity contribution >= 4 is 5.97 Å². The number of aliphatic hydroxyl groups is 7. The van der Waals surface area contributed by atoms with Gasteiger partial charge in [0.05, 0.1) is 30.8 Å². The molecule has 2 saturated heterocycles. The number of hydrogen-bond acceptors (Lipinski definition) is 11. The van der Waals surface area contributed by atoms with Crippen LogP contribution in [0.3, 0.4) is 0 Å². The fraction of sp³-hybridized carbons (Fsp3) is 0.914. The van der Waals surface area contributed by atoms with E-state index in [9.17, 15) is 40.5 Å². The Morgan fingerprint density at radius 2 is 1.67 bits per heavy atom. The van der Waals surface area contributed by atoms with Crippen molar-refractivity contribution in [2.45, 2.75) is 147 Å². The summed E-state index contributed by atoms with van der Waals surface area (Å²) in [6.45, 7) is 9.25. The summed E-state index contributed by atoms with van der Waals surface area (Å²) in [6.07, 6.45) is -0.900. The maximum absolute atomic E-state index is 13.4. The van der Waals surface area contributed by atoms with Gasteiger partial charge in [-0.2, -0.15) is 0 Å². The number of ether oxygens (including phenoxy) is 3. The Hall–Kier alpha value is -1.15. The van der Waals surface area contributed by atoms with E-state index in [2.05, 4.69) is 19.9 Å². The van der Waals surface area contributed by atoms with Crippen molar-refractivity contribution in [2.75, 3.05) is 6.61 Å². The summed E-state index contributed by atoms with van der Waals surface area (Å²) in [6, 6.07) is 0. The molecule has 17 atom stereocenters. The largest absolute Gasteiger partial charge is 0.459 e. The molecule has 3 saturated carbocycles. The Balaban J connectivity index is 1.17. The highest BCUT2D eigenvalue weighted by Crippen LogP contribution is 2.67. The predicted molar refractivity (Wildman–Crippen MR) is 165 cm³/mol. The number of cyclic esters (lactones) is 1. The molecule has 6 aliphatic rings. The van der Waals surface area contributed by atoms with Crippen LogP contribution in [0, 0.1) is 46.3 Å². The van der Waals surface area contributed by atoms with E-state index in [1.807, 2.05) is 13.8 Å². The number of aliphatic hydroxyl groups excluding tert-OH is 6. The zero-order valence-corrected chi connectivity index (χ0v) is 27.9. The first-order chi connectivity index (χ1) is 21.6. The van der Waals surface area contributed by atoms with Gasteiger partial charge in [-0.15, -0.1) is 0 Å². The molecule has 7 N–H and O–H groups in total. The Kier molecular flexibility index (Phi) is 9.29. The Bertz CT molecular complexity index is 1160. The molecular weight excluding hydrogens is 596 g/mol. The first-order valence-electron chi connectivity index (χ1n) is 17.5. The van der Waals surface area contributed by atoms with Crippen LogP contribution in [0.1, 0.15) is 86.0 Å². The number of fused-ring (bicyclic) bond motifs is 5.